The molecule has 2 heterocycles. The van der Waals surface area contributed by atoms with Gasteiger partial charge in [-0.2, -0.15) is 0 Å². The Balaban J connectivity index is 1.53. The zero-order valence-corrected chi connectivity index (χ0v) is 16.8. The molecule has 28 heavy (non-hydrogen) atoms. The van der Waals surface area contributed by atoms with Gasteiger partial charge in [0.2, 0.25) is 0 Å². The number of hydrogen-bond acceptors (Lipinski definition) is 6. The molecule has 0 aliphatic carbocycles. The topological polar surface area (TPSA) is 74.2 Å². The maximum Gasteiger partial charge on any atom is 0.0737 e. The lowest BCUT2D eigenvalue weighted by atomic mass is 10.1. The minimum absolute atomic E-state index is 0.139. The summed E-state index contributed by atoms with van der Waals surface area (Å²) in [6, 6.07) is 8.09. The zero-order chi connectivity index (χ0) is 19.8. The molecule has 0 bridgehead atoms. The largest absolute Gasteiger partial charge is 0.395 e. The molecule has 0 fully saturated rings. The zero-order valence-electron chi connectivity index (χ0n) is 16.1. The molecule has 1 atom stereocenters. The van der Waals surface area contributed by atoms with Crippen LogP contribution in [0.2, 0.25) is 5.02 Å². The second-order valence-corrected chi connectivity index (χ2v) is 7.34. The quantitative estimate of drug-likeness (QED) is 0.540. The van der Waals surface area contributed by atoms with Crippen LogP contribution in [0.3, 0.4) is 0 Å². The third-order valence-corrected chi connectivity index (χ3v) is 4.87. The predicted molar refractivity (Wildman–Crippen MR) is 113 cm³/mol. The van der Waals surface area contributed by atoms with E-state index in [4.69, 9.17) is 11.6 Å². The summed E-state index contributed by atoms with van der Waals surface area (Å²) < 4.78 is 0. The van der Waals surface area contributed by atoms with E-state index in [1.54, 1.807) is 24.8 Å². The van der Waals surface area contributed by atoms with E-state index in [9.17, 15) is 5.11 Å². The van der Waals surface area contributed by atoms with E-state index < -0.39 is 0 Å². The number of rotatable bonds is 10. The van der Waals surface area contributed by atoms with Crippen LogP contribution < -0.4 is 5.32 Å². The van der Waals surface area contributed by atoms with Crippen LogP contribution in [0.1, 0.15) is 25.5 Å². The number of aliphatic hydroxyl groups is 1. The second kappa shape index (κ2) is 10.3. The SMILES string of the molecule is CC(CCCN(CCO)Cc1cnccn1)Nc1ccnc2cc(Cl)ccc12. The fourth-order valence-electron chi connectivity index (χ4n) is 3.26. The number of benzene rings is 1. The fourth-order valence-corrected chi connectivity index (χ4v) is 3.42. The molecule has 3 rings (SSSR count). The number of pyridine rings is 1. The number of aliphatic hydroxyl groups excluding tert-OH is 1. The summed E-state index contributed by atoms with van der Waals surface area (Å²) in [7, 11) is 0. The summed E-state index contributed by atoms with van der Waals surface area (Å²) in [5, 5.41) is 14.7. The van der Waals surface area contributed by atoms with Crippen molar-refractivity contribution in [2.24, 2.45) is 0 Å². The average Bonchev–Trinajstić information content (AvgIpc) is 2.69. The van der Waals surface area contributed by atoms with E-state index in [2.05, 4.69) is 32.1 Å². The normalized spacial score (nSPS) is 12.4. The van der Waals surface area contributed by atoms with Gasteiger partial charge in [-0.3, -0.25) is 19.9 Å². The van der Waals surface area contributed by atoms with Crippen LogP contribution in [0.5, 0.6) is 0 Å². The Morgan fingerprint density at radius 3 is 2.82 bits per heavy atom. The predicted octanol–water partition coefficient (Wildman–Crippen LogP) is 3.75. The first-order valence-electron chi connectivity index (χ1n) is 9.54. The molecule has 1 aromatic carbocycles. The molecule has 148 valence electrons. The highest BCUT2D eigenvalue weighted by Gasteiger charge is 2.10. The van der Waals surface area contributed by atoms with Gasteiger partial charge in [0, 0.05) is 60.0 Å². The van der Waals surface area contributed by atoms with Crippen molar-refractivity contribution in [1.29, 1.82) is 0 Å². The van der Waals surface area contributed by atoms with E-state index in [1.807, 2.05) is 24.3 Å². The van der Waals surface area contributed by atoms with Crippen LogP contribution in [0, 0.1) is 0 Å². The molecule has 0 radical (unpaired) electrons. The molecule has 7 heteroatoms. The molecule has 0 aliphatic heterocycles. The van der Waals surface area contributed by atoms with Gasteiger partial charge in [-0.15, -0.1) is 0 Å². The van der Waals surface area contributed by atoms with Crippen LogP contribution in [0.4, 0.5) is 5.69 Å². The second-order valence-electron chi connectivity index (χ2n) is 6.90. The minimum Gasteiger partial charge on any atom is -0.395 e. The Morgan fingerprint density at radius 2 is 2.04 bits per heavy atom. The molecule has 3 aromatic rings. The molecule has 0 amide bonds. The number of anilines is 1. The summed E-state index contributed by atoms with van der Waals surface area (Å²) in [6.45, 7) is 4.55. The minimum atomic E-state index is 0.139. The van der Waals surface area contributed by atoms with Crippen molar-refractivity contribution >= 4 is 28.2 Å². The maximum absolute atomic E-state index is 9.33. The van der Waals surface area contributed by atoms with Crippen LogP contribution in [0.25, 0.3) is 10.9 Å². The maximum atomic E-state index is 9.33. The summed E-state index contributed by atoms with van der Waals surface area (Å²) >= 11 is 6.07. The first-order valence-corrected chi connectivity index (χ1v) is 9.92. The average molecular weight is 400 g/mol. The lowest BCUT2D eigenvalue weighted by molar-refractivity contribution is 0.185. The van der Waals surface area contributed by atoms with Gasteiger partial charge >= 0.3 is 0 Å². The van der Waals surface area contributed by atoms with Gasteiger partial charge in [-0.1, -0.05) is 11.6 Å². The van der Waals surface area contributed by atoms with Crippen molar-refractivity contribution in [2.45, 2.75) is 32.4 Å². The standard InChI is InChI=1S/C21H26ClN5O/c1-16(26-20-6-7-25-21-13-17(22)4-5-19(20)21)3-2-10-27(11-12-28)15-18-14-23-8-9-24-18/h4-9,13-14,16,28H,2-3,10-12,15H2,1H3,(H,25,26). The van der Waals surface area contributed by atoms with E-state index in [-0.39, 0.29) is 6.61 Å². The third kappa shape index (κ3) is 5.86. The van der Waals surface area contributed by atoms with Crippen LogP contribution in [-0.4, -0.2) is 50.7 Å². The molecule has 2 aromatic heterocycles. The number of hydrogen-bond donors (Lipinski definition) is 2. The molecule has 0 saturated carbocycles. The first kappa shape index (κ1) is 20.5. The number of halogens is 1. The fraction of sp³-hybridized carbons (Fsp3) is 0.381. The molecule has 1 unspecified atom stereocenters. The smallest absolute Gasteiger partial charge is 0.0737 e. The van der Waals surface area contributed by atoms with Gasteiger partial charge in [-0.05, 0) is 50.6 Å². The highest BCUT2D eigenvalue weighted by atomic mass is 35.5. The van der Waals surface area contributed by atoms with Crippen LogP contribution in [-0.2, 0) is 6.54 Å². The van der Waals surface area contributed by atoms with Gasteiger partial charge in [0.1, 0.15) is 0 Å². The van der Waals surface area contributed by atoms with Crippen molar-refractivity contribution in [3.63, 3.8) is 0 Å². The van der Waals surface area contributed by atoms with Gasteiger partial charge in [0.25, 0.3) is 0 Å². The Labute approximate surface area is 170 Å². The van der Waals surface area contributed by atoms with Crippen LogP contribution >= 0.6 is 11.6 Å². The molecule has 0 saturated heterocycles. The number of fused-ring (bicyclic) bond motifs is 1. The first-order chi connectivity index (χ1) is 13.7. The lowest BCUT2D eigenvalue weighted by Crippen LogP contribution is -2.29. The highest BCUT2D eigenvalue weighted by molar-refractivity contribution is 6.31. The number of nitrogens with zero attached hydrogens (tertiary/aromatic N) is 4. The van der Waals surface area contributed by atoms with Crippen molar-refractivity contribution in [3.8, 4) is 0 Å². The van der Waals surface area contributed by atoms with Gasteiger partial charge in [-0.25, -0.2) is 0 Å². The van der Waals surface area contributed by atoms with Crippen LogP contribution in [0.15, 0.2) is 49.1 Å². The third-order valence-electron chi connectivity index (χ3n) is 4.64. The Bertz CT molecular complexity index is 877. The molecular formula is C21H26ClN5O. The molecule has 0 aliphatic rings. The molecule has 6 nitrogen and oxygen atoms in total. The summed E-state index contributed by atoms with van der Waals surface area (Å²) in [5.41, 5.74) is 2.88. The van der Waals surface area contributed by atoms with Crippen molar-refractivity contribution in [3.05, 3.63) is 59.8 Å². The molecule has 2 N–H and O–H groups in total. The van der Waals surface area contributed by atoms with Gasteiger partial charge in [0.15, 0.2) is 0 Å². The summed E-state index contributed by atoms with van der Waals surface area (Å²) in [5.74, 6) is 0. The van der Waals surface area contributed by atoms with E-state index in [1.165, 1.54) is 0 Å². The number of nitrogens with one attached hydrogen (secondary N) is 1. The van der Waals surface area contributed by atoms with E-state index in [0.717, 1.165) is 41.7 Å². The molecule has 0 spiro atoms. The van der Waals surface area contributed by atoms with Crippen molar-refractivity contribution in [2.75, 3.05) is 25.0 Å². The summed E-state index contributed by atoms with van der Waals surface area (Å²) in [6.07, 6.45) is 8.98. The molecular weight excluding hydrogens is 374 g/mol. The Hall–Kier alpha value is -2.28. The van der Waals surface area contributed by atoms with Crippen molar-refractivity contribution in [1.82, 2.24) is 19.9 Å². The summed E-state index contributed by atoms with van der Waals surface area (Å²) in [4.78, 5) is 15.0. The van der Waals surface area contributed by atoms with E-state index in [0.29, 0.717) is 24.2 Å². The van der Waals surface area contributed by atoms with E-state index >= 15 is 0 Å². The lowest BCUT2D eigenvalue weighted by Gasteiger charge is -2.22. The van der Waals surface area contributed by atoms with Gasteiger partial charge in [0.05, 0.1) is 17.8 Å². The van der Waals surface area contributed by atoms with Gasteiger partial charge < -0.3 is 10.4 Å². The number of aromatic nitrogens is 3. The van der Waals surface area contributed by atoms with Crippen molar-refractivity contribution < 1.29 is 5.11 Å². The Morgan fingerprint density at radius 1 is 1.14 bits per heavy atom. The monoisotopic (exact) mass is 399 g/mol. The Kier molecular flexibility index (Phi) is 7.54. The highest BCUT2D eigenvalue weighted by Crippen LogP contribution is 2.25.